The number of rotatable bonds is 7. The molecule has 0 fully saturated rings. The van der Waals surface area contributed by atoms with Crippen LogP contribution in [0.15, 0.2) is 54.7 Å². The second-order valence-electron chi connectivity index (χ2n) is 6.53. The van der Waals surface area contributed by atoms with Crippen molar-refractivity contribution in [1.29, 1.82) is 0 Å². The predicted molar refractivity (Wildman–Crippen MR) is 109 cm³/mol. The minimum Gasteiger partial charge on any atom is -0.354 e. The molecule has 6 nitrogen and oxygen atoms in total. The largest absolute Gasteiger partial charge is 0.354 e. The summed E-state index contributed by atoms with van der Waals surface area (Å²) in [5.74, 6) is -0.380. The first-order valence-corrected chi connectivity index (χ1v) is 8.99. The number of carbonyl (C=O) groups is 3. The third-order valence-electron chi connectivity index (χ3n) is 4.32. The predicted octanol–water partition coefficient (Wildman–Crippen LogP) is 3.89. The normalized spacial score (nSPS) is 10.5. The fourth-order valence-electron chi connectivity index (χ4n) is 2.86. The van der Waals surface area contributed by atoms with Crippen molar-refractivity contribution in [3.63, 3.8) is 0 Å². The number of benzene rings is 2. The van der Waals surface area contributed by atoms with Gasteiger partial charge in [0.25, 0.3) is 5.91 Å². The molecule has 0 aliphatic rings. The molecule has 0 atom stereocenters. The highest BCUT2D eigenvalue weighted by Crippen LogP contribution is 2.30. The molecule has 0 saturated heterocycles. The smallest absolute Gasteiger partial charge is 0.251 e. The van der Waals surface area contributed by atoms with Gasteiger partial charge in [-0.25, -0.2) is 0 Å². The van der Waals surface area contributed by atoms with E-state index in [0.717, 1.165) is 5.69 Å². The lowest BCUT2D eigenvalue weighted by Crippen LogP contribution is -2.25. The summed E-state index contributed by atoms with van der Waals surface area (Å²) in [5, 5.41) is 6.69. The van der Waals surface area contributed by atoms with Crippen LogP contribution in [0.2, 0.25) is 0 Å². The number of hydrogen-bond acceptors (Lipinski definition) is 5. The van der Waals surface area contributed by atoms with Gasteiger partial charge >= 0.3 is 0 Å². The van der Waals surface area contributed by atoms with E-state index in [4.69, 9.17) is 0 Å². The Balaban J connectivity index is 2.02. The van der Waals surface area contributed by atoms with Gasteiger partial charge in [-0.3, -0.25) is 19.4 Å². The fraction of sp³-hybridized carbons (Fsp3) is 0.182. The van der Waals surface area contributed by atoms with Gasteiger partial charge in [0.05, 0.1) is 16.8 Å². The van der Waals surface area contributed by atoms with E-state index < -0.39 is 0 Å². The quantitative estimate of drug-likeness (QED) is 0.612. The Bertz CT molecular complexity index is 1050. The lowest BCUT2D eigenvalue weighted by Gasteiger charge is -2.14. The number of para-hydroxylation sites is 1. The Kier molecular flexibility index (Phi) is 5.79. The SMILES string of the molecule is CC(=O)CCNC(=O)c1ccc2ncc(C(C)=O)c(Nc3ccccc3)c2c1. The van der Waals surface area contributed by atoms with E-state index in [1.165, 1.54) is 13.8 Å². The number of nitrogens with one attached hydrogen (secondary N) is 2. The number of Topliss-reactive ketones (excluding diaryl/α,β-unsaturated/α-hetero) is 2. The van der Waals surface area contributed by atoms with Gasteiger partial charge in [0.2, 0.25) is 0 Å². The average molecular weight is 375 g/mol. The second kappa shape index (κ2) is 8.43. The van der Waals surface area contributed by atoms with Crippen molar-refractivity contribution < 1.29 is 14.4 Å². The maximum atomic E-state index is 12.4. The molecule has 3 rings (SSSR count). The molecular weight excluding hydrogens is 354 g/mol. The van der Waals surface area contributed by atoms with E-state index in [9.17, 15) is 14.4 Å². The van der Waals surface area contributed by atoms with Crippen molar-refractivity contribution in [2.45, 2.75) is 20.3 Å². The summed E-state index contributed by atoms with van der Waals surface area (Å²) in [4.78, 5) is 40.0. The third-order valence-corrected chi connectivity index (χ3v) is 4.32. The molecule has 28 heavy (non-hydrogen) atoms. The number of nitrogens with zero attached hydrogens (tertiary/aromatic N) is 1. The fourth-order valence-corrected chi connectivity index (χ4v) is 2.86. The van der Waals surface area contributed by atoms with Gasteiger partial charge in [-0.1, -0.05) is 18.2 Å². The Morgan fingerprint density at radius 1 is 1.00 bits per heavy atom. The molecule has 0 bridgehead atoms. The first-order valence-electron chi connectivity index (χ1n) is 8.99. The van der Waals surface area contributed by atoms with Gasteiger partial charge in [0, 0.05) is 35.8 Å². The van der Waals surface area contributed by atoms with E-state index in [1.54, 1.807) is 24.4 Å². The summed E-state index contributed by atoms with van der Waals surface area (Å²) < 4.78 is 0. The zero-order valence-corrected chi connectivity index (χ0v) is 15.8. The van der Waals surface area contributed by atoms with Crippen molar-refractivity contribution in [1.82, 2.24) is 10.3 Å². The van der Waals surface area contributed by atoms with Crippen LogP contribution in [0.25, 0.3) is 10.9 Å². The molecule has 142 valence electrons. The zero-order valence-electron chi connectivity index (χ0n) is 15.8. The van der Waals surface area contributed by atoms with Crippen LogP contribution in [-0.4, -0.2) is 29.0 Å². The molecule has 0 aliphatic heterocycles. The van der Waals surface area contributed by atoms with Crippen molar-refractivity contribution in [2.75, 3.05) is 11.9 Å². The highest BCUT2D eigenvalue weighted by atomic mass is 16.2. The topological polar surface area (TPSA) is 88.2 Å². The standard InChI is InChI=1S/C22H21N3O3/c1-14(26)10-11-23-22(28)16-8-9-20-18(12-16)21(19(13-24-20)15(2)27)25-17-6-4-3-5-7-17/h3-9,12-13H,10-11H2,1-2H3,(H,23,28)(H,24,25). The molecule has 2 aromatic carbocycles. The molecule has 0 spiro atoms. The van der Waals surface area contributed by atoms with Crippen LogP contribution in [0.5, 0.6) is 0 Å². The number of pyridine rings is 1. The van der Waals surface area contributed by atoms with Gasteiger partial charge in [-0.2, -0.15) is 0 Å². The number of amides is 1. The maximum Gasteiger partial charge on any atom is 0.251 e. The van der Waals surface area contributed by atoms with E-state index >= 15 is 0 Å². The van der Waals surface area contributed by atoms with Crippen LogP contribution in [0, 0.1) is 0 Å². The number of aromatic nitrogens is 1. The molecule has 1 heterocycles. The molecule has 0 radical (unpaired) electrons. The lowest BCUT2D eigenvalue weighted by molar-refractivity contribution is -0.116. The van der Waals surface area contributed by atoms with Gasteiger partial charge in [0.15, 0.2) is 5.78 Å². The molecule has 1 aromatic heterocycles. The zero-order chi connectivity index (χ0) is 20.1. The minimum atomic E-state index is -0.276. The Hall–Kier alpha value is -3.54. The maximum absolute atomic E-state index is 12.4. The average Bonchev–Trinajstić information content (AvgIpc) is 2.68. The number of ketones is 2. The molecule has 0 saturated carbocycles. The van der Waals surface area contributed by atoms with Gasteiger partial charge < -0.3 is 10.6 Å². The summed E-state index contributed by atoms with van der Waals surface area (Å²) in [6.07, 6.45) is 1.83. The second-order valence-corrected chi connectivity index (χ2v) is 6.53. The van der Waals surface area contributed by atoms with Crippen LogP contribution in [0.1, 0.15) is 41.0 Å². The molecule has 1 amide bonds. The first-order chi connectivity index (χ1) is 13.5. The van der Waals surface area contributed by atoms with E-state index in [2.05, 4.69) is 15.6 Å². The van der Waals surface area contributed by atoms with Crippen molar-refractivity contribution in [3.8, 4) is 0 Å². The lowest BCUT2D eigenvalue weighted by atomic mass is 10.0. The number of anilines is 2. The molecular formula is C22H21N3O3. The highest BCUT2D eigenvalue weighted by molar-refractivity contribution is 6.09. The molecule has 6 heteroatoms. The summed E-state index contributed by atoms with van der Waals surface area (Å²) in [7, 11) is 0. The van der Waals surface area contributed by atoms with Crippen molar-refractivity contribution in [3.05, 3.63) is 65.9 Å². The molecule has 0 aliphatic carbocycles. The Morgan fingerprint density at radius 2 is 1.75 bits per heavy atom. The molecule has 3 aromatic rings. The highest BCUT2D eigenvalue weighted by Gasteiger charge is 2.15. The van der Waals surface area contributed by atoms with E-state index in [1.807, 2.05) is 30.3 Å². The molecule has 0 unspecified atom stereocenters. The summed E-state index contributed by atoms with van der Waals surface area (Å²) in [6, 6.07) is 14.6. The van der Waals surface area contributed by atoms with Crippen LogP contribution >= 0.6 is 0 Å². The minimum absolute atomic E-state index is 0.0171. The van der Waals surface area contributed by atoms with Crippen LogP contribution < -0.4 is 10.6 Å². The number of hydrogen-bond donors (Lipinski definition) is 2. The summed E-state index contributed by atoms with van der Waals surface area (Å²) in [6.45, 7) is 3.25. The van der Waals surface area contributed by atoms with Crippen molar-refractivity contribution in [2.24, 2.45) is 0 Å². The summed E-state index contributed by atoms with van der Waals surface area (Å²) in [5.41, 5.74) is 3.00. The summed E-state index contributed by atoms with van der Waals surface area (Å²) >= 11 is 0. The monoisotopic (exact) mass is 375 g/mol. The van der Waals surface area contributed by atoms with Gasteiger partial charge in [0.1, 0.15) is 5.78 Å². The number of carbonyl (C=O) groups excluding carboxylic acids is 3. The third kappa shape index (κ3) is 4.40. The van der Waals surface area contributed by atoms with Gasteiger partial charge in [-0.15, -0.1) is 0 Å². The van der Waals surface area contributed by atoms with Gasteiger partial charge in [-0.05, 0) is 44.2 Å². The Labute approximate surface area is 163 Å². The van der Waals surface area contributed by atoms with E-state index in [-0.39, 0.29) is 30.4 Å². The van der Waals surface area contributed by atoms with E-state index in [0.29, 0.717) is 27.7 Å². The Morgan fingerprint density at radius 3 is 2.43 bits per heavy atom. The first kappa shape index (κ1) is 19.2. The van der Waals surface area contributed by atoms with Crippen LogP contribution in [-0.2, 0) is 4.79 Å². The van der Waals surface area contributed by atoms with Crippen molar-refractivity contribution >= 4 is 39.8 Å². The van der Waals surface area contributed by atoms with Crippen LogP contribution in [0.4, 0.5) is 11.4 Å². The molecule has 2 N–H and O–H groups in total. The van der Waals surface area contributed by atoms with Crippen LogP contribution in [0.3, 0.4) is 0 Å². The number of fused-ring (bicyclic) bond motifs is 1.